The summed E-state index contributed by atoms with van der Waals surface area (Å²) >= 11 is 11.8. The van der Waals surface area contributed by atoms with Gasteiger partial charge >= 0.3 is 0 Å². The molecule has 1 aromatic heterocycles. The monoisotopic (exact) mass is 229 g/mol. The molecule has 1 heterocycles. The van der Waals surface area contributed by atoms with Crippen LogP contribution in [-0.4, -0.2) is 0 Å². The van der Waals surface area contributed by atoms with Crippen LogP contribution in [0.25, 0.3) is 10.1 Å². The van der Waals surface area contributed by atoms with Crippen LogP contribution >= 0.6 is 35.6 Å². The van der Waals surface area contributed by atoms with Gasteiger partial charge in [-0.1, -0.05) is 0 Å². The summed E-state index contributed by atoms with van der Waals surface area (Å²) in [4.78, 5) is 0.927. The highest BCUT2D eigenvalue weighted by Crippen LogP contribution is 2.34. The van der Waals surface area contributed by atoms with Crippen molar-refractivity contribution in [3.63, 3.8) is 0 Å². The minimum absolute atomic E-state index is 0.452. The van der Waals surface area contributed by atoms with Crippen LogP contribution < -0.4 is 5.73 Å². The number of nitrogens with two attached hydrogens (primary N) is 1. The Bertz CT molecular complexity index is 450. The first-order chi connectivity index (χ1) is 6.24. The third kappa shape index (κ3) is 1.41. The van der Waals surface area contributed by atoms with Crippen LogP contribution in [0.1, 0.15) is 5.56 Å². The van der Waals surface area contributed by atoms with Gasteiger partial charge in [-0.15, -0.1) is 35.6 Å². The van der Waals surface area contributed by atoms with Crippen molar-refractivity contribution in [1.82, 2.24) is 0 Å². The molecule has 0 atom stereocenters. The third-order valence-corrected chi connectivity index (χ3v) is 3.72. The van der Waals surface area contributed by atoms with Gasteiger partial charge in [-0.05, 0) is 23.1 Å². The minimum atomic E-state index is 0.452. The van der Waals surface area contributed by atoms with Crippen molar-refractivity contribution in [1.29, 1.82) is 0 Å². The minimum Gasteiger partial charge on any atom is -0.398 e. The molecule has 0 aliphatic rings. The molecule has 0 radical (unpaired) electrons. The zero-order valence-electron chi connectivity index (χ0n) is 6.75. The van der Waals surface area contributed by atoms with E-state index < -0.39 is 0 Å². The van der Waals surface area contributed by atoms with Crippen molar-refractivity contribution >= 4 is 51.3 Å². The fraction of sp³-hybridized carbons (Fsp3) is 0.111. The van der Waals surface area contributed by atoms with Crippen molar-refractivity contribution in [3.05, 3.63) is 23.1 Å². The number of halogens is 1. The molecule has 0 amide bonds. The van der Waals surface area contributed by atoms with E-state index in [1.165, 1.54) is 0 Å². The second-order valence-electron chi connectivity index (χ2n) is 2.76. The maximum atomic E-state index is 5.83. The van der Waals surface area contributed by atoms with E-state index in [1.807, 2.05) is 17.5 Å². The second kappa shape index (κ2) is 3.40. The van der Waals surface area contributed by atoms with Crippen LogP contribution in [0.4, 0.5) is 5.69 Å². The lowest BCUT2D eigenvalue weighted by atomic mass is 10.1. The lowest BCUT2D eigenvalue weighted by Crippen LogP contribution is -1.92. The van der Waals surface area contributed by atoms with Gasteiger partial charge in [0.15, 0.2) is 0 Å². The first-order valence-corrected chi connectivity index (χ1v) is 5.63. The van der Waals surface area contributed by atoms with E-state index in [-0.39, 0.29) is 0 Å². The molecule has 2 rings (SSSR count). The zero-order valence-corrected chi connectivity index (χ0v) is 9.22. The fourth-order valence-corrected chi connectivity index (χ4v) is 2.90. The summed E-state index contributed by atoms with van der Waals surface area (Å²) in [5.74, 6) is 0.452. The summed E-state index contributed by atoms with van der Waals surface area (Å²) < 4.78 is 1.16. The Morgan fingerprint density at radius 1 is 1.54 bits per heavy atom. The van der Waals surface area contributed by atoms with Gasteiger partial charge in [0, 0.05) is 20.7 Å². The predicted molar refractivity (Wildman–Crippen MR) is 63.0 cm³/mol. The van der Waals surface area contributed by atoms with E-state index in [1.54, 1.807) is 11.3 Å². The van der Waals surface area contributed by atoms with Gasteiger partial charge < -0.3 is 5.73 Å². The summed E-state index contributed by atoms with van der Waals surface area (Å²) in [6.07, 6.45) is 0. The van der Waals surface area contributed by atoms with Crippen molar-refractivity contribution in [2.24, 2.45) is 0 Å². The normalized spacial score (nSPS) is 10.9. The average Bonchev–Trinajstić information content (AvgIpc) is 2.53. The molecule has 0 saturated carbocycles. The van der Waals surface area contributed by atoms with Gasteiger partial charge in [0.25, 0.3) is 0 Å². The second-order valence-corrected chi connectivity index (χ2v) is 4.43. The maximum Gasteiger partial charge on any atom is 0.0500 e. The summed E-state index contributed by atoms with van der Waals surface area (Å²) in [5.41, 5.74) is 7.57. The van der Waals surface area contributed by atoms with Crippen LogP contribution in [0.2, 0.25) is 0 Å². The van der Waals surface area contributed by atoms with Crippen LogP contribution in [0, 0.1) is 0 Å². The molecule has 0 aliphatic carbocycles. The number of hydrogen-bond acceptors (Lipinski definition) is 3. The van der Waals surface area contributed by atoms with Crippen molar-refractivity contribution in [3.8, 4) is 0 Å². The number of nitrogen functional groups attached to an aromatic ring is 1. The van der Waals surface area contributed by atoms with Crippen molar-refractivity contribution in [2.75, 3.05) is 5.73 Å². The summed E-state index contributed by atoms with van der Waals surface area (Å²) in [7, 11) is 0. The van der Waals surface area contributed by atoms with E-state index in [9.17, 15) is 0 Å². The smallest absolute Gasteiger partial charge is 0.0500 e. The van der Waals surface area contributed by atoms with Gasteiger partial charge in [-0.2, -0.15) is 0 Å². The van der Waals surface area contributed by atoms with Crippen LogP contribution in [-0.2, 0) is 5.88 Å². The van der Waals surface area contributed by atoms with Gasteiger partial charge in [-0.25, -0.2) is 0 Å². The van der Waals surface area contributed by atoms with Gasteiger partial charge in [-0.3, -0.25) is 0 Å². The average molecular weight is 230 g/mol. The van der Waals surface area contributed by atoms with Gasteiger partial charge in [0.1, 0.15) is 0 Å². The largest absolute Gasteiger partial charge is 0.398 e. The Kier molecular flexibility index (Phi) is 2.41. The molecule has 0 bridgehead atoms. The fourth-order valence-electron chi connectivity index (χ4n) is 1.35. The van der Waals surface area contributed by atoms with Crippen molar-refractivity contribution in [2.45, 2.75) is 10.8 Å². The molecule has 4 heteroatoms. The summed E-state index contributed by atoms with van der Waals surface area (Å²) in [5, 5.41) is 3.16. The standard InChI is InChI=1S/C9H8ClNS2/c10-4-6-5-1-2-13-9(5)8(12)3-7(6)11/h1-3,12H,4,11H2. The third-order valence-electron chi connectivity index (χ3n) is 2.00. The first-order valence-electron chi connectivity index (χ1n) is 3.77. The molecule has 1 nitrogen and oxygen atoms in total. The molecule has 0 aliphatic heterocycles. The highest BCUT2D eigenvalue weighted by Gasteiger charge is 2.08. The predicted octanol–water partition coefficient (Wildman–Crippen LogP) is 3.51. The van der Waals surface area contributed by atoms with Crippen LogP contribution in [0.5, 0.6) is 0 Å². The Hall–Kier alpha value is -0.380. The SMILES string of the molecule is Nc1cc(S)c2sccc2c1CCl. The Labute approximate surface area is 90.9 Å². The number of alkyl halides is 1. The molecule has 2 N–H and O–H groups in total. The lowest BCUT2D eigenvalue weighted by molar-refractivity contribution is 1.43. The van der Waals surface area contributed by atoms with E-state index in [0.29, 0.717) is 5.88 Å². The van der Waals surface area contributed by atoms with Gasteiger partial charge in [0.05, 0.1) is 5.88 Å². The van der Waals surface area contributed by atoms with Crippen molar-refractivity contribution < 1.29 is 0 Å². The summed E-state index contributed by atoms with van der Waals surface area (Å²) in [6, 6.07) is 3.90. The molecule has 0 saturated heterocycles. The molecule has 1 aromatic carbocycles. The topological polar surface area (TPSA) is 26.0 Å². The van der Waals surface area contributed by atoms with E-state index in [0.717, 1.165) is 26.2 Å². The Morgan fingerprint density at radius 2 is 2.31 bits per heavy atom. The molecular formula is C9H8ClNS2. The summed E-state index contributed by atoms with van der Waals surface area (Å²) in [6.45, 7) is 0. The molecule has 13 heavy (non-hydrogen) atoms. The molecule has 68 valence electrons. The molecule has 0 spiro atoms. The molecular weight excluding hydrogens is 222 g/mol. The van der Waals surface area contributed by atoms with E-state index in [2.05, 4.69) is 12.6 Å². The Balaban J connectivity index is 2.88. The van der Waals surface area contributed by atoms with E-state index in [4.69, 9.17) is 17.3 Å². The number of thiophene rings is 1. The first kappa shape index (κ1) is 9.19. The molecule has 0 fully saturated rings. The Morgan fingerprint density at radius 3 is 3.00 bits per heavy atom. The van der Waals surface area contributed by atoms with Crippen LogP contribution in [0.3, 0.4) is 0 Å². The lowest BCUT2D eigenvalue weighted by Gasteiger charge is -2.05. The number of benzene rings is 1. The maximum absolute atomic E-state index is 5.83. The van der Waals surface area contributed by atoms with Gasteiger partial charge in [0.2, 0.25) is 0 Å². The molecule has 2 aromatic rings. The zero-order chi connectivity index (χ0) is 9.42. The number of hydrogen-bond donors (Lipinski definition) is 2. The number of fused-ring (bicyclic) bond motifs is 1. The number of rotatable bonds is 1. The highest BCUT2D eigenvalue weighted by molar-refractivity contribution is 7.80. The molecule has 0 unspecified atom stereocenters. The number of thiol groups is 1. The quantitative estimate of drug-likeness (QED) is 0.437. The van der Waals surface area contributed by atoms with Crippen LogP contribution in [0.15, 0.2) is 22.4 Å². The highest BCUT2D eigenvalue weighted by atomic mass is 35.5. The number of anilines is 1. The van der Waals surface area contributed by atoms with E-state index >= 15 is 0 Å².